The van der Waals surface area contributed by atoms with Crippen molar-refractivity contribution in [3.63, 3.8) is 0 Å². The van der Waals surface area contributed by atoms with Crippen molar-refractivity contribution < 1.29 is 27.9 Å². The number of fused-ring (bicyclic) bond motifs is 1. The maximum atomic E-state index is 14.1. The van der Waals surface area contributed by atoms with Gasteiger partial charge in [0.1, 0.15) is 5.52 Å². The molecule has 2 heterocycles. The molecule has 0 radical (unpaired) electrons. The molecule has 1 aliphatic heterocycles. The summed E-state index contributed by atoms with van der Waals surface area (Å²) in [5, 5.41) is 0. The molecule has 1 fully saturated rings. The summed E-state index contributed by atoms with van der Waals surface area (Å²) in [6, 6.07) is 2.40. The smallest absolute Gasteiger partial charge is 0.419 e. The van der Waals surface area contributed by atoms with Crippen molar-refractivity contribution in [1.29, 1.82) is 0 Å². The number of hydrogen-bond donors (Lipinski definition) is 0. The Morgan fingerprint density at radius 3 is 2.82 bits per heavy atom. The number of amides is 1. The van der Waals surface area contributed by atoms with Crippen molar-refractivity contribution in [3.8, 4) is 0 Å². The van der Waals surface area contributed by atoms with Gasteiger partial charge in [0, 0.05) is 19.2 Å². The monoisotopic (exact) mass is 310 g/mol. The molecule has 0 aliphatic carbocycles. The zero-order valence-electron chi connectivity index (χ0n) is 11.7. The van der Waals surface area contributed by atoms with Crippen molar-refractivity contribution in [2.45, 2.75) is 6.10 Å². The van der Waals surface area contributed by atoms with Crippen LogP contribution in [0, 0.1) is 5.82 Å². The summed E-state index contributed by atoms with van der Waals surface area (Å²) in [5.41, 5.74) is 0.110. The van der Waals surface area contributed by atoms with Crippen LogP contribution >= 0.6 is 0 Å². The van der Waals surface area contributed by atoms with Crippen LogP contribution in [0.3, 0.4) is 0 Å². The number of aryl methyl sites for hydroxylation is 1. The van der Waals surface area contributed by atoms with Gasteiger partial charge < -0.3 is 13.9 Å². The number of cyclic esters (lactones) is 1. The average Bonchev–Trinajstić information content (AvgIpc) is 2.99. The SMILES string of the molecule is COC(=O)[C@H]1CN(c2cc(F)c3c(c2)oc(=O)n3C)C(=O)O1. The summed E-state index contributed by atoms with van der Waals surface area (Å²) >= 11 is 0. The van der Waals surface area contributed by atoms with E-state index in [2.05, 4.69) is 4.74 Å². The maximum Gasteiger partial charge on any atom is 0.419 e. The lowest BCUT2D eigenvalue weighted by molar-refractivity contribution is -0.148. The first kappa shape index (κ1) is 14.1. The standard InChI is InChI=1S/C13H11FN2O6/c1-15-10-7(14)3-6(4-8(10)21-12(15)18)16-5-9(11(17)20-2)22-13(16)19/h3-4,9H,5H2,1-2H3/t9-/m1/s1. The van der Waals surface area contributed by atoms with Crippen molar-refractivity contribution in [3.05, 3.63) is 28.5 Å². The van der Waals surface area contributed by atoms with Crippen molar-refractivity contribution in [2.24, 2.45) is 7.05 Å². The minimum Gasteiger partial charge on any atom is -0.466 e. The van der Waals surface area contributed by atoms with Crippen molar-refractivity contribution in [2.75, 3.05) is 18.6 Å². The van der Waals surface area contributed by atoms with Gasteiger partial charge in [-0.25, -0.2) is 18.8 Å². The van der Waals surface area contributed by atoms with Crippen LogP contribution in [0.25, 0.3) is 11.1 Å². The molecule has 1 aromatic carbocycles. The predicted molar refractivity (Wildman–Crippen MR) is 71.0 cm³/mol. The minimum atomic E-state index is -1.08. The third-order valence-electron chi connectivity index (χ3n) is 3.41. The van der Waals surface area contributed by atoms with E-state index in [9.17, 15) is 18.8 Å². The molecule has 1 aliphatic rings. The first-order valence-electron chi connectivity index (χ1n) is 6.27. The fourth-order valence-corrected chi connectivity index (χ4v) is 2.30. The van der Waals surface area contributed by atoms with Crippen LogP contribution in [0.5, 0.6) is 0 Å². The van der Waals surface area contributed by atoms with E-state index in [1.54, 1.807) is 0 Å². The largest absolute Gasteiger partial charge is 0.466 e. The van der Waals surface area contributed by atoms with Gasteiger partial charge in [-0.2, -0.15) is 0 Å². The van der Waals surface area contributed by atoms with E-state index in [-0.39, 0.29) is 23.3 Å². The zero-order valence-corrected chi connectivity index (χ0v) is 11.7. The van der Waals surface area contributed by atoms with Gasteiger partial charge in [-0.1, -0.05) is 0 Å². The number of halogens is 1. The van der Waals surface area contributed by atoms with Gasteiger partial charge in [-0.3, -0.25) is 9.47 Å². The number of oxazole rings is 1. The number of aromatic nitrogens is 1. The highest BCUT2D eigenvalue weighted by Crippen LogP contribution is 2.28. The second-order valence-corrected chi connectivity index (χ2v) is 4.71. The summed E-state index contributed by atoms with van der Waals surface area (Å²) in [7, 11) is 2.54. The number of nitrogens with zero attached hydrogens (tertiary/aromatic N) is 2. The molecule has 2 aromatic rings. The number of ether oxygens (including phenoxy) is 2. The van der Waals surface area contributed by atoms with E-state index >= 15 is 0 Å². The normalized spacial score (nSPS) is 17.9. The molecule has 0 spiro atoms. The van der Waals surface area contributed by atoms with Crippen molar-refractivity contribution >= 4 is 28.8 Å². The molecule has 1 atom stereocenters. The van der Waals surface area contributed by atoms with E-state index in [0.29, 0.717) is 0 Å². The van der Waals surface area contributed by atoms with Crippen LogP contribution in [-0.2, 0) is 21.3 Å². The second-order valence-electron chi connectivity index (χ2n) is 4.71. The lowest BCUT2D eigenvalue weighted by atomic mass is 10.2. The number of carbonyl (C=O) groups is 2. The fraction of sp³-hybridized carbons (Fsp3) is 0.308. The third kappa shape index (κ3) is 2.01. The highest BCUT2D eigenvalue weighted by Gasteiger charge is 2.38. The third-order valence-corrected chi connectivity index (χ3v) is 3.41. The summed E-state index contributed by atoms with van der Waals surface area (Å²) in [4.78, 5) is 35.7. The molecule has 8 nitrogen and oxygen atoms in total. The van der Waals surface area contributed by atoms with Gasteiger partial charge in [-0.15, -0.1) is 0 Å². The quantitative estimate of drug-likeness (QED) is 0.761. The van der Waals surface area contributed by atoms with Crippen LogP contribution in [0.4, 0.5) is 14.9 Å². The molecule has 116 valence electrons. The highest BCUT2D eigenvalue weighted by atomic mass is 19.1. The first-order valence-corrected chi connectivity index (χ1v) is 6.27. The molecule has 22 heavy (non-hydrogen) atoms. The van der Waals surface area contributed by atoms with E-state index in [1.165, 1.54) is 20.2 Å². The molecular formula is C13H11FN2O6. The van der Waals surface area contributed by atoms with E-state index in [1.807, 2.05) is 0 Å². The minimum absolute atomic E-state index is 0.00295. The number of esters is 1. The molecule has 1 saturated heterocycles. The van der Waals surface area contributed by atoms with E-state index in [0.717, 1.165) is 15.5 Å². The zero-order chi connectivity index (χ0) is 16.0. The predicted octanol–water partition coefficient (Wildman–Crippen LogP) is 0.769. The summed E-state index contributed by atoms with van der Waals surface area (Å²) < 4.78 is 29.4. The summed E-state index contributed by atoms with van der Waals surface area (Å²) in [5.74, 6) is -2.15. The number of carbonyl (C=O) groups excluding carboxylic acids is 2. The molecule has 3 rings (SSSR count). The Bertz CT molecular complexity index is 839. The summed E-state index contributed by atoms with van der Waals surface area (Å²) in [6.07, 6.45) is -1.90. The number of anilines is 1. The number of benzene rings is 1. The topological polar surface area (TPSA) is 91.0 Å². The number of rotatable bonds is 2. The second kappa shape index (κ2) is 4.86. The van der Waals surface area contributed by atoms with Crippen LogP contribution in [0.2, 0.25) is 0 Å². The van der Waals surface area contributed by atoms with Gasteiger partial charge in [0.25, 0.3) is 0 Å². The number of methoxy groups -OCH3 is 1. The Labute approximate surface area is 122 Å². The van der Waals surface area contributed by atoms with E-state index < -0.39 is 29.7 Å². The van der Waals surface area contributed by atoms with Crippen LogP contribution in [-0.4, -0.2) is 36.4 Å². The Hall–Kier alpha value is -2.84. The van der Waals surface area contributed by atoms with Gasteiger partial charge in [0.2, 0.25) is 6.10 Å². The average molecular weight is 310 g/mol. The van der Waals surface area contributed by atoms with Gasteiger partial charge in [-0.05, 0) is 0 Å². The van der Waals surface area contributed by atoms with Crippen LogP contribution < -0.4 is 10.7 Å². The van der Waals surface area contributed by atoms with Crippen molar-refractivity contribution in [1.82, 2.24) is 4.57 Å². The first-order chi connectivity index (χ1) is 10.4. The Morgan fingerprint density at radius 2 is 2.14 bits per heavy atom. The molecule has 1 amide bonds. The Balaban J connectivity index is 2.02. The molecule has 0 unspecified atom stereocenters. The fourth-order valence-electron chi connectivity index (χ4n) is 2.30. The Kier molecular flexibility index (Phi) is 3.12. The molecule has 0 bridgehead atoms. The maximum absolute atomic E-state index is 14.1. The molecule has 9 heteroatoms. The van der Waals surface area contributed by atoms with Crippen LogP contribution in [0.15, 0.2) is 21.3 Å². The Morgan fingerprint density at radius 1 is 1.41 bits per heavy atom. The lowest BCUT2D eigenvalue weighted by Gasteiger charge is -2.12. The van der Waals surface area contributed by atoms with E-state index in [4.69, 9.17) is 9.15 Å². The summed E-state index contributed by atoms with van der Waals surface area (Å²) in [6.45, 7) is -0.118. The lowest BCUT2D eigenvalue weighted by Crippen LogP contribution is -2.28. The highest BCUT2D eigenvalue weighted by molar-refractivity contribution is 5.95. The molecular weight excluding hydrogens is 299 g/mol. The number of hydrogen-bond acceptors (Lipinski definition) is 6. The van der Waals surface area contributed by atoms with Gasteiger partial charge in [0.05, 0.1) is 19.3 Å². The molecule has 0 N–H and O–H groups in total. The molecule has 1 aromatic heterocycles. The van der Waals surface area contributed by atoms with Gasteiger partial charge in [0.15, 0.2) is 11.4 Å². The van der Waals surface area contributed by atoms with Crippen LogP contribution in [0.1, 0.15) is 0 Å². The van der Waals surface area contributed by atoms with Gasteiger partial charge >= 0.3 is 17.8 Å². The molecule has 0 saturated carbocycles.